The van der Waals surface area contributed by atoms with Crippen LogP contribution in [0.3, 0.4) is 0 Å². The molecule has 11 heteroatoms. The summed E-state index contributed by atoms with van der Waals surface area (Å²) in [5.74, 6) is -2.10. The van der Waals surface area contributed by atoms with Gasteiger partial charge in [0.1, 0.15) is 18.2 Å². The van der Waals surface area contributed by atoms with Crippen LogP contribution in [0.15, 0.2) is 52.3 Å². The van der Waals surface area contributed by atoms with E-state index >= 15 is 0 Å². The number of aromatic nitrogens is 2. The summed E-state index contributed by atoms with van der Waals surface area (Å²) in [5, 5.41) is 2.88. The van der Waals surface area contributed by atoms with E-state index in [1.807, 2.05) is 0 Å². The fourth-order valence-electron chi connectivity index (χ4n) is 3.81. The SMILES string of the molecule is O=C(Cn1c(=O)ncc2cc(S(=O)(=O)N3CCCCC3)ccc21)NCc1ccc(F)cc1F. The first-order chi connectivity index (χ1) is 15.8. The van der Waals surface area contributed by atoms with Crippen molar-refractivity contribution in [3.63, 3.8) is 0 Å². The topological polar surface area (TPSA) is 101 Å². The molecule has 0 spiro atoms. The lowest BCUT2D eigenvalue weighted by Gasteiger charge is -2.26. The van der Waals surface area contributed by atoms with E-state index in [2.05, 4.69) is 10.3 Å². The van der Waals surface area contributed by atoms with Crippen molar-refractivity contribution >= 4 is 26.8 Å². The van der Waals surface area contributed by atoms with Gasteiger partial charge in [-0.3, -0.25) is 9.36 Å². The summed E-state index contributed by atoms with van der Waals surface area (Å²) < 4.78 is 55.2. The molecule has 2 heterocycles. The molecule has 1 aliphatic rings. The van der Waals surface area contributed by atoms with Crippen LogP contribution >= 0.6 is 0 Å². The van der Waals surface area contributed by atoms with Crippen molar-refractivity contribution in [1.82, 2.24) is 19.2 Å². The van der Waals surface area contributed by atoms with Crippen LogP contribution in [0.5, 0.6) is 0 Å². The standard InChI is InChI=1S/C22H22F2N4O4S/c23-17-5-4-15(19(24)11-17)12-25-21(29)14-28-20-7-6-18(10-16(20)13-26-22(28)30)33(31,32)27-8-2-1-3-9-27/h4-7,10-11,13H,1-3,8-9,12,14H2,(H,25,29). The molecule has 0 bridgehead atoms. The number of nitrogens with one attached hydrogen (secondary N) is 1. The van der Waals surface area contributed by atoms with Gasteiger partial charge in [-0.05, 0) is 37.1 Å². The molecule has 0 saturated carbocycles. The highest BCUT2D eigenvalue weighted by Gasteiger charge is 2.26. The van der Waals surface area contributed by atoms with E-state index in [1.165, 1.54) is 34.8 Å². The summed E-state index contributed by atoms with van der Waals surface area (Å²) >= 11 is 0. The molecule has 0 aliphatic carbocycles. The van der Waals surface area contributed by atoms with Gasteiger partial charge in [-0.1, -0.05) is 12.5 Å². The predicted octanol–water partition coefficient (Wildman–Crippen LogP) is 2.17. The van der Waals surface area contributed by atoms with Crippen LogP contribution in [-0.4, -0.2) is 41.3 Å². The number of fused-ring (bicyclic) bond motifs is 1. The molecular formula is C22H22F2N4O4S. The van der Waals surface area contributed by atoms with Gasteiger partial charge in [-0.15, -0.1) is 0 Å². The molecule has 1 amide bonds. The minimum Gasteiger partial charge on any atom is -0.350 e. The highest BCUT2D eigenvalue weighted by Crippen LogP contribution is 2.23. The second-order valence-electron chi connectivity index (χ2n) is 7.82. The number of benzene rings is 2. The molecule has 8 nitrogen and oxygen atoms in total. The fourth-order valence-corrected chi connectivity index (χ4v) is 5.36. The molecule has 2 aromatic carbocycles. The van der Waals surface area contributed by atoms with Crippen molar-refractivity contribution in [3.8, 4) is 0 Å². The van der Waals surface area contributed by atoms with Crippen molar-refractivity contribution in [2.75, 3.05) is 13.1 Å². The van der Waals surface area contributed by atoms with Crippen molar-refractivity contribution in [1.29, 1.82) is 0 Å². The molecule has 33 heavy (non-hydrogen) atoms. The molecule has 1 N–H and O–H groups in total. The molecule has 0 atom stereocenters. The Balaban J connectivity index is 1.55. The van der Waals surface area contributed by atoms with Gasteiger partial charge in [0.2, 0.25) is 15.9 Å². The van der Waals surface area contributed by atoms with E-state index in [4.69, 9.17) is 0 Å². The molecule has 1 aliphatic heterocycles. The van der Waals surface area contributed by atoms with E-state index in [9.17, 15) is 26.8 Å². The maximum Gasteiger partial charge on any atom is 0.348 e. The Labute approximate surface area is 188 Å². The zero-order valence-corrected chi connectivity index (χ0v) is 18.4. The Hall–Kier alpha value is -3.18. The third kappa shape index (κ3) is 4.93. The normalized spacial score (nSPS) is 15.0. The fraction of sp³-hybridized carbons (Fsp3) is 0.318. The first-order valence-corrected chi connectivity index (χ1v) is 11.9. The van der Waals surface area contributed by atoms with Crippen molar-refractivity contribution in [3.05, 3.63) is 70.3 Å². The Morgan fingerprint density at radius 1 is 1.06 bits per heavy atom. The Morgan fingerprint density at radius 3 is 2.55 bits per heavy atom. The van der Waals surface area contributed by atoms with Crippen LogP contribution in [-0.2, 0) is 27.9 Å². The van der Waals surface area contributed by atoms with E-state index in [-0.39, 0.29) is 17.0 Å². The molecule has 0 radical (unpaired) electrons. The lowest BCUT2D eigenvalue weighted by Crippen LogP contribution is -2.35. The van der Waals surface area contributed by atoms with Crippen LogP contribution < -0.4 is 11.0 Å². The quantitative estimate of drug-likeness (QED) is 0.588. The molecule has 1 fully saturated rings. The third-order valence-electron chi connectivity index (χ3n) is 5.58. The second kappa shape index (κ2) is 9.36. The van der Waals surface area contributed by atoms with Crippen molar-refractivity contribution in [2.45, 2.75) is 37.2 Å². The lowest BCUT2D eigenvalue weighted by atomic mass is 10.2. The monoisotopic (exact) mass is 476 g/mol. The summed E-state index contributed by atoms with van der Waals surface area (Å²) in [6.45, 7) is 0.347. The molecule has 4 rings (SSSR count). The first-order valence-electron chi connectivity index (χ1n) is 10.5. The zero-order valence-electron chi connectivity index (χ0n) is 17.6. The van der Waals surface area contributed by atoms with Gasteiger partial charge in [-0.25, -0.2) is 27.0 Å². The first kappa shape index (κ1) is 23.0. The molecule has 0 unspecified atom stereocenters. The number of carbonyl (C=O) groups excluding carboxylic acids is 1. The Kier molecular flexibility index (Phi) is 6.52. The van der Waals surface area contributed by atoms with Crippen molar-refractivity contribution in [2.24, 2.45) is 0 Å². The van der Waals surface area contributed by atoms with E-state index in [0.717, 1.165) is 36.0 Å². The van der Waals surface area contributed by atoms with Crippen LogP contribution in [0.25, 0.3) is 10.9 Å². The third-order valence-corrected chi connectivity index (χ3v) is 7.48. The second-order valence-corrected chi connectivity index (χ2v) is 9.76. The van der Waals surface area contributed by atoms with Crippen LogP contribution in [0, 0.1) is 11.6 Å². The van der Waals surface area contributed by atoms with Crippen LogP contribution in [0.4, 0.5) is 8.78 Å². The summed E-state index contributed by atoms with van der Waals surface area (Å²) in [5.41, 5.74) is -0.242. The maximum absolute atomic E-state index is 13.8. The highest BCUT2D eigenvalue weighted by atomic mass is 32.2. The minimum absolute atomic E-state index is 0.0973. The molecule has 3 aromatic rings. The number of piperidine rings is 1. The Bertz CT molecular complexity index is 1370. The van der Waals surface area contributed by atoms with Crippen LogP contribution in [0.1, 0.15) is 24.8 Å². The van der Waals surface area contributed by atoms with E-state index < -0.39 is 39.8 Å². The number of rotatable bonds is 6. The molecule has 174 valence electrons. The van der Waals surface area contributed by atoms with Crippen LogP contribution in [0.2, 0.25) is 0 Å². The van der Waals surface area contributed by atoms with Gasteiger partial charge in [0.15, 0.2) is 0 Å². The number of carbonyl (C=O) groups is 1. The number of sulfonamides is 1. The van der Waals surface area contributed by atoms with Gasteiger partial charge in [0.25, 0.3) is 0 Å². The summed E-state index contributed by atoms with van der Waals surface area (Å²) in [6, 6.07) is 7.35. The highest BCUT2D eigenvalue weighted by molar-refractivity contribution is 7.89. The smallest absolute Gasteiger partial charge is 0.348 e. The summed E-state index contributed by atoms with van der Waals surface area (Å²) in [7, 11) is -3.67. The number of amides is 1. The number of nitrogens with zero attached hydrogens (tertiary/aromatic N) is 3. The van der Waals surface area contributed by atoms with Gasteiger partial charge < -0.3 is 5.32 Å². The number of hydrogen-bond acceptors (Lipinski definition) is 5. The average molecular weight is 477 g/mol. The molecular weight excluding hydrogens is 454 g/mol. The maximum atomic E-state index is 13.8. The minimum atomic E-state index is -3.67. The zero-order chi connectivity index (χ0) is 23.6. The molecule has 1 aromatic heterocycles. The lowest BCUT2D eigenvalue weighted by molar-refractivity contribution is -0.121. The molecule has 1 saturated heterocycles. The average Bonchev–Trinajstić information content (AvgIpc) is 2.80. The Morgan fingerprint density at radius 2 is 1.82 bits per heavy atom. The van der Waals surface area contributed by atoms with Gasteiger partial charge in [0, 0.05) is 42.8 Å². The summed E-state index contributed by atoms with van der Waals surface area (Å²) in [6.07, 6.45) is 3.89. The largest absolute Gasteiger partial charge is 0.350 e. The van der Waals surface area contributed by atoms with Gasteiger partial charge in [0.05, 0.1) is 10.4 Å². The predicted molar refractivity (Wildman–Crippen MR) is 117 cm³/mol. The summed E-state index contributed by atoms with van der Waals surface area (Å²) in [4.78, 5) is 28.6. The van der Waals surface area contributed by atoms with E-state index in [0.29, 0.717) is 24.0 Å². The number of halogens is 2. The van der Waals surface area contributed by atoms with Gasteiger partial charge in [-0.2, -0.15) is 4.31 Å². The van der Waals surface area contributed by atoms with Gasteiger partial charge >= 0.3 is 5.69 Å². The number of hydrogen-bond donors (Lipinski definition) is 1. The van der Waals surface area contributed by atoms with E-state index in [1.54, 1.807) is 0 Å². The van der Waals surface area contributed by atoms with Crippen molar-refractivity contribution < 1.29 is 22.0 Å².